The van der Waals surface area contributed by atoms with Gasteiger partial charge in [-0.2, -0.15) is 0 Å². The van der Waals surface area contributed by atoms with Crippen LogP contribution in [0.5, 0.6) is 0 Å². The third-order valence-corrected chi connectivity index (χ3v) is 7.54. The van der Waals surface area contributed by atoms with E-state index in [1.165, 1.54) is 0 Å². The molecule has 1 heterocycles. The van der Waals surface area contributed by atoms with Gasteiger partial charge in [0, 0.05) is 0 Å². The molecule has 1 aliphatic heterocycles. The fourth-order valence-corrected chi connectivity index (χ4v) is 5.44. The summed E-state index contributed by atoms with van der Waals surface area (Å²) < 4.78 is 11.6. The average Bonchev–Trinajstić information content (AvgIpc) is 2.66. The van der Waals surface area contributed by atoms with Crippen LogP contribution in [0.25, 0.3) is 0 Å². The van der Waals surface area contributed by atoms with Gasteiger partial charge in [-0.15, -0.1) is 0 Å². The van der Waals surface area contributed by atoms with Crippen LogP contribution < -0.4 is 0 Å². The highest BCUT2D eigenvalue weighted by atomic mass is 16.7. The molecule has 3 aliphatic rings. The van der Waals surface area contributed by atoms with Crippen LogP contribution in [-0.4, -0.2) is 85.8 Å². The van der Waals surface area contributed by atoms with Gasteiger partial charge in [0.05, 0.1) is 18.3 Å². The first-order valence-electron chi connectivity index (χ1n) is 10.4. The molecular formula is C21H36O8. The van der Waals surface area contributed by atoms with Crippen LogP contribution in [0.4, 0.5) is 0 Å². The van der Waals surface area contributed by atoms with E-state index in [1.807, 2.05) is 13.8 Å². The molecule has 0 amide bonds. The van der Waals surface area contributed by atoms with Crippen molar-refractivity contribution in [2.75, 3.05) is 6.61 Å². The summed E-state index contributed by atoms with van der Waals surface area (Å²) in [4.78, 5) is 0. The lowest BCUT2D eigenvalue weighted by atomic mass is 9.54. The molecule has 3 fully saturated rings. The summed E-state index contributed by atoms with van der Waals surface area (Å²) in [6.45, 7) is 9.45. The predicted molar refractivity (Wildman–Crippen MR) is 104 cm³/mol. The smallest absolute Gasteiger partial charge is 0.187 e. The molecule has 0 unspecified atom stereocenters. The highest BCUT2D eigenvalue weighted by Gasteiger charge is 2.53. The topological polar surface area (TPSA) is 140 Å². The maximum absolute atomic E-state index is 10.3. The second kappa shape index (κ2) is 8.16. The third kappa shape index (κ3) is 4.14. The SMILES string of the molecule is C=C1[C@@H](O)[C@H](O)C[C@]2(C)CC[C@@H](C(C)(C)O[C@H]3O[C@@H](CO)[C@H](O)[C@@H](O)[C@@H]3O)C[C@H]12. The number of aliphatic hydroxyl groups is 6. The van der Waals surface area contributed by atoms with Crippen LogP contribution in [0.15, 0.2) is 12.2 Å². The zero-order valence-electron chi connectivity index (χ0n) is 17.4. The third-order valence-electron chi connectivity index (χ3n) is 7.54. The van der Waals surface area contributed by atoms with Crippen LogP contribution in [0, 0.1) is 17.3 Å². The Bertz CT molecular complexity index is 607. The van der Waals surface area contributed by atoms with Gasteiger partial charge >= 0.3 is 0 Å². The van der Waals surface area contributed by atoms with Gasteiger partial charge < -0.3 is 40.1 Å². The molecule has 0 spiro atoms. The first kappa shape index (κ1) is 23.1. The Labute approximate surface area is 171 Å². The highest BCUT2D eigenvalue weighted by Crippen LogP contribution is 2.55. The molecule has 0 bridgehead atoms. The molecule has 0 aromatic rings. The minimum Gasteiger partial charge on any atom is -0.394 e. The lowest BCUT2D eigenvalue weighted by Gasteiger charge is -2.54. The molecule has 8 nitrogen and oxygen atoms in total. The molecule has 3 rings (SSSR count). The molecule has 6 N–H and O–H groups in total. The van der Waals surface area contributed by atoms with E-state index in [2.05, 4.69) is 13.5 Å². The Balaban J connectivity index is 1.72. The molecular weight excluding hydrogens is 380 g/mol. The zero-order chi connectivity index (χ0) is 21.7. The number of rotatable bonds is 4. The number of hydrogen-bond donors (Lipinski definition) is 6. The van der Waals surface area contributed by atoms with Gasteiger partial charge in [0.1, 0.15) is 30.5 Å². The zero-order valence-corrected chi connectivity index (χ0v) is 17.4. The molecule has 8 heteroatoms. The van der Waals surface area contributed by atoms with E-state index in [-0.39, 0.29) is 17.3 Å². The molecule has 0 aromatic heterocycles. The first-order chi connectivity index (χ1) is 13.4. The average molecular weight is 417 g/mol. The summed E-state index contributed by atoms with van der Waals surface area (Å²) in [6, 6.07) is 0. The summed E-state index contributed by atoms with van der Waals surface area (Å²) >= 11 is 0. The summed E-state index contributed by atoms with van der Waals surface area (Å²) in [5.74, 6) is 0.101. The Morgan fingerprint density at radius 1 is 1.14 bits per heavy atom. The molecule has 29 heavy (non-hydrogen) atoms. The van der Waals surface area contributed by atoms with Gasteiger partial charge in [-0.25, -0.2) is 0 Å². The lowest BCUT2D eigenvalue weighted by molar-refractivity contribution is -0.330. The highest BCUT2D eigenvalue weighted by molar-refractivity contribution is 5.20. The van der Waals surface area contributed by atoms with Crippen molar-refractivity contribution in [2.45, 2.75) is 95.0 Å². The van der Waals surface area contributed by atoms with Crippen LogP contribution in [0.3, 0.4) is 0 Å². The molecule has 168 valence electrons. The van der Waals surface area contributed by atoms with Crippen molar-refractivity contribution in [3.63, 3.8) is 0 Å². The van der Waals surface area contributed by atoms with Crippen LogP contribution >= 0.6 is 0 Å². The number of aliphatic hydroxyl groups excluding tert-OH is 6. The predicted octanol–water partition coefficient (Wildman–Crippen LogP) is -0.314. The van der Waals surface area contributed by atoms with E-state index >= 15 is 0 Å². The van der Waals surface area contributed by atoms with Gasteiger partial charge in [-0.3, -0.25) is 0 Å². The second-order valence-electron chi connectivity index (χ2n) is 9.89. The van der Waals surface area contributed by atoms with Gasteiger partial charge in [-0.05, 0) is 62.4 Å². The summed E-state index contributed by atoms with van der Waals surface area (Å²) in [6.07, 6.45) is -5.36. The maximum Gasteiger partial charge on any atom is 0.187 e. The van der Waals surface area contributed by atoms with E-state index in [0.717, 1.165) is 12.8 Å². The standard InChI is InChI=1S/C21H36O8/c1-10-12-7-11(5-6-21(12,4)8-13(23)15(10)24)20(2,3)29-19-18(27)17(26)16(25)14(9-22)28-19/h11-19,22-27H,1,5-9H2,2-4H3/t11-,12-,13-,14+,15-,16+,17-,18+,19-,21+/m1/s1. The molecule has 2 saturated carbocycles. The number of fused-ring (bicyclic) bond motifs is 1. The molecule has 0 radical (unpaired) electrons. The van der Waals surface area contributed by atoms with Crippen molar-refractivity contribution in [1.29, 1.82) is 0 Å². The van der Waals surface area contributed by atoms with Gasteiger partial charge in [0.25, 0.3) is 0 Å². The second-order valence-corrected chi connectivity index (χ2v) is 9.89. The van der Waals surface area contributed by atoms with E-state index in [1.54, 1.807) is 0 Å². The van der Waals surface area contributed by atoms with Gasteiger partial charge in [-0.1, -0.05) is 13.5 Å². The molecule has 0 aromatic carbocycles. The van der Waals surface area contributed by atoms with E-state index in [9.17, 15) is 30.6 Å². The Hall–Kier alpha value is -0.580. The van der Waals surface area contributed by atoms with Crippen molar-refractivity contribution in [3.8, 4) is 0 Å². The van der Waals surface area contributed by atoms with Gasteiger partial charge in [0.2, 0.25) is 0 Å². The normalized spacial score (nSPS) is 49.0. The van der Waals surface area contributed by atoms with E-state index in [4.69, 9.17) is 9.47 Å². The summed E-state index contributed by atoms with van der Waals surface area (Å²) in [7, 11) is 0. The molecule has 1 saturated heterocycles. The van der Waals surface area contributed by atoms with E-state index < -0.39 is 55.1 Å². The van der Waals surface area contributed by atoms with Crippen LogP contribution in [0.1, 0.15) is 46.5 Å². The molecule has 10 atom stereocenters. The summed E-state index contributed by atoms with van der Waals surface area (Å²) in [5.41, 5.74) is -0.221. The minimum absolute atomic E-state index is 0.0392. The quantitative estimate of drug-likeness (QED) is 0.343. The van der Waals surface area contributed by atoms with Crippen LogP contribution in [-0.2, 0) is 9.47 Å². The Morgan fingerprint density at radius 2 is 1.79 bits per heavy atom. The lowest BCUT2D eigenvalue weighted by Crippen LogP contribution is -2.61. The summed E-state index contributed by atoms with van der Waals surface area (Å²) in [5, 5.41) is 60.1. The van der Waals surface area contributed by atoms with E-state index in [0.29, 0.717) is 18.4 Å². The van der Waals surface area contributed by atoms with Crippen molar-refractivity contribution in [2.24, 2.45) is 17.3 Å². The molecule has 2 aliphatic carbocycles. The van der Waals surface area contributed by atoms with Crippen LogP contribution in [0.2, 0.25) is 0 Å². The number of ether oxygens (including phenoxy) is 2. The van der Waals surface area contributed by atoms with Crippen molar-refractivity contribution >= 4 is 0 Å². The monoisotopic (exact) mass is 416 g/mol. The Kier molecular flexibility index (Phi) is 6.50. The fourth-order valence-electron chi connectivity index (χ4n) is 5.44. The number of hydrogen-bond acceptors (Lipinski definition) is 8. The fraction of sp³-hybridized carbons (Fsp3) is 0.905. The van der Waals surface area contributed by atoms with Crippen molar-refractivity contribution in [3.05, 3.63) is 12.2 Å². The van der Waals surface area contributed by atoms with Crippen molar-refractivity contribution < 1.29 is 40.1 Å². The van der Waals surface area contributed by atoms with Crippen molar-refractivity contribution in [1.82, 2.24) is 0 Å². The minimum atomic E-state index is -1.48. The largest absolute Gasteiger partial charge is 0.394 e. The van der Waals surface area contributed by atoms with Gasteiger partial charge in [0.15, 0.2) is 6.29 Å². The Morgan fingerprint density at radius 3 is 2.41 bits per heavy atom. The first-order valence-corrected chi connectivity index (χ1v) is 10.4. The maximum atomic E-state index is 10.3.